The Kier molecular flexibility index (Phi) is 3.90. The van der Waals surface area contributed by atoms with Crippen molar-refractivity contribution in [3.8, 4) is 11.5 Å². The fraction of sp³-hybridized carbons (Fsp3) is 0.0769. The second-order valence-electron chi connectivity index (χ2n) is 3.93. The second-order valence-corrected chi connectivity index (χ2v) is 3.93. The van der Waals surface area contributed by atoms with Crippen LogP contribution in [0, 0.1) is 21.7 Å². The van der Waals surface area contributed by atoms with Gasteiger partial charge in [-0.2, -0.15) is 0 Å². The van der Waals surface area contributed by atoms with Gasteiger partial charge in [0.05, 0.1) is 17.6 Å². The summed E-state index contributed by atoms with van der Waals surface area (Å²) in [7, 11) is 0. The summed E-state index contributed by atoms with van der Waals surface area (Å²) in [4.78, 5) is 9.73. The van der Waals surface area contributed by atoms with Crippen LogP contribution in [0.15, 0.2) is 36.4 Å². The maximum atomic E-state index is 13.6. The molecule has 7 heteroatoms. The average molecular weight is 281 g/mol. The summed E-state index contributed by atoms with van der Waals surface area (Å²) in [5.74, 6) is -1.87. The summed E-state index contributed by atoms with van der Waals surface area (Å²) >= 11 is 0. The van der Waals surface area contributed by atoms with E-state index in [4.69, 9.17) is 9.84 Å². The minimum atomic E-state index is -0.936. The molecule has 0 aromatic heterocycles. The first kappa shape index (κ1) is 13.9. The number of nitro groups is 1. The Bertz CT molecular complexity index is 661. The van der Waals surface area contributed by atoms with Gasteiger partial charge in [0.25, 0.3) is 5.69 Å². The third-order valence-electron chi connectivity index (χ3n) is 2.47. The lowest BCUT2D eigenvalue weighted by molar-refractivity contribution is -0.385. The molecule has 0 atom stereocenters. The SMILES string of the molecule is O=[N+]([O-])c1ccc(Oc2cc(F)cc(CO)c2)c(F)c1. The molecule has 0 saturated carbocycles. The Morgan fingerprint density at radius 3 is 2.55 bits per heavy atom. The summed E-state index contributed by atoms with van der Waals surface area (Å²) in [6.45, 7) is -0.392. The van der Waals surface area contributed by atoms with Crippen LogP contribution in [0.3, 0.4) is 0 Å². The molecule has 0 unspecified atom stereocenters. The van der Waals surface area contributed by atoms with E-state index in [1.165, 1.54) is 6.07 Å². The molecular weight excluding hydrogens is 272 g/mol. The number of aliphatic hydroxyl groups excluding tert-OH is 1. The Balaban J connectivity index is 2.30. The van der Waals surface area contributed by atoms with Crippen molar-refractivity contribution < 1.29 is 23.5 Å². The first-order chi connectivity index (χ1) is 9.49. The van der Waals surface area contributed by atoms with Crippen LogP contribution in [-0.2, 0) is 6.61 Å². The monoisotopic (exact) mass is 281 g/mol. The molecule has 0 bridgehead atoms. The highest BCUT2D eigenvalue weighted by molar-refractivity contribution is 5.40. The Morgan fingerprint density at radius 1 is 1.20 bits per heavy atom. The van der Waals surface area contributed by atoms with E-state index >= 15 is 0 Å². The number of non-ortho nitro benzene ring substituents is 1. The fourth-order valence-electron chi connectivity index (χ4n) is 1.58. The number of hydrogen-bond acceptors (Lipinski definition) is 4. The standard InChI is InChI=1S/C13H9F2NO4/c14-9-3-8(7-17)4-11(5-9)20-13-2-1-10(16(18)19)6-12(13)15/h1-6,17H,7H2. The largest absolute Gasteiger partial charge is 0.454 e. The molecule has 0 fully saturated rings. The lowest BCUT2D eigenvalue weighted by Crippen LogP contribution is -1.94. The van der Waals surface area contributed by atoms with Crippen LogP contribution >= 0.6 is 0 Å². The highest BCUT2D eigenvalue weighted by Crippen LogP contribution is 2.28. The molecule has 0 heterocycles. The van der Waals surface area contributed by atoms with Gasteiger partial charge < -0.3 is 9.84 Å². The smallest absolute Gasteiger partial charge is 0.272 e. The highest BCUT2D eigenvalue weighted by Gasteiger charge is 2.13. The van der Waals surface area contributed by atoms with Gasteiger partial charge in [0, 0.05) is 12.1 Å². The van der Waals surface area contributed by atoms with Crippen LogP contribution < -0.4 is 4.74 Å². The van der Waals surface area contributed by atoms with Gasteiger partial charge in [-0.3, -0.25) is 10.1 Å². The molecule has 1 N–H and O–H groups in total. The lowest BCUT2D eigenvalue weighted by Gasteiger charge is -2.08. The Morgan fingerprint density at radius 2 is 1.95 bits per heavy atom. The van der Waals surface area contributed by atoms with E-state index in [0.717, 1.165) is 24.3 Å². The van der Waals surface area contributed by atoms with Gasteiger partial charge in [-0.1, -0.05) is 0 Å². The quantitative estimate of drug-likeness (QED) is 0.690. The third-order valence-corrected chi connectivity index (χ3v) is 2.47. The van der Waals surface area contributed by atoms with Gasteiger partial charge in [-0.15, -0.1) is 0 Å². The summed E-state index contributed by atoms with van der Waals surface area (Å²) < 4.78 is 31.9. The van der Waals surface area contributed by atoms with E-state index < -0.39 is 28.9 Å². The first-order valence-electron chi connectivity index (χ1n) is 5.51. The van der Waals surface area contributed by atoms with Crippen molar-refractivity contribution in [2.75, 3.05) is 0 Å². The van der Waals surface area contributed by atoms with Gasteiger partial charge in [0.1, 0.15) is 11.6 Å². The number of nitro benzene ring substituents is 1. The molecule has 2 rings (SSSR count). The fourth-order valence-corrected chi connectivity index (χ4v) is 1.58. The van der Waals surface area contributed by atoms with E-state index in [0.29, 0.717) is 6.07 Å². The summed E-state index contributed by atoms with van der Waals surface area (Å²) in [5, 5.41) is 19.4. The van der Waals surface area contributed by atoms with Crippen molar-refractivity contribution in [3.05, 3.63) is 63.7 Å². The van der Waals surface area contributed by atoms with Crippen molar-refractivity contribution in [2.45, 2.75) is 6.61 Å². The Hall–Kier alpha value is -2.54. The molecule has 0 radical (unpaired) electrons. The van der Waals surface area contributed by atoms with Crippen molar-refractivity contribution in [1.29, 1.82) is 0 Å². The minimum absolute atomic E-state index is 0.0122. The van der Waals surface area contributed by atoms with Crippen molar-refractivity contribution in [1.82, 2.24) is 0 Å². The van der Waals surface area contributed by atoms with Gasteiger partial charge >= 0.3 is 0 Å². The molecule has 0 aliphatic rings. The minimum Gasteiger partial charge on any atom is -0.454 e. The lowest BCUT2D eigenvalue weighted by atomic mass is 10.2. The van der Waals surface area contributed by atoms with E-state index in [9.17, 15) is 18.9 Å². The molecule has 2 aromatic rings. The zero-order valence-corrected chi connectivity index (χ0v) is 10.0. The zero-order valence-electron chi connectivity index (χ0n) is 10.0. The third kappa shape index (κ3) is 3.07. The number of rotatable bonds is 4. The first-order valence-corrected chi connectivity index (χ1v) is 5.51. The van der Waals surface area contributed by atoms with Gasteiger partial charge in [0.15, 0.2) is 11.6 Å². The van der Waals surface area contributed by atoms with Crippen molar-refractivity contribution in [2.24, 2.45) is 0 Å². The predicted octanol–water partition coefficient (Wildman–Crippen LogP) is 3.16. The molecule has 0 aliphatic carbocycles. The zero-order chi connectivity index (χ0) is 14.7. The number of halogens is 2. The topological polar surface area (TPSA) is 72.6 Å². The van der Waals surface area contributed by atoms with Gasteiger partial charge in [0.2, 0.25) is 0 Å². The van der Waals surface area contributed by atoms with Crippen molar-refractivity contribution >= 4 is 5.69 Å². The molecule has 0 saturated heterocycles. The van der Waals surface area contributed by atoms with Crippen LogP contribution in [0.25, 0.3) is 0 Å². The molecule has 104 valence electrons. The van der Waals surface area contributed by atoms with Crippen LogP contribution in [-0.4, -0.2) is 10.0 Å². The molecule has 0 aliphatic heterocycles. The van der Waals surface area contributed by atoms with Crippen LogP contribution in [0.5, 0.6) is 11.5 Å². The second kappa shape index (κ2) is 5.62. The van der Waals surface area contributed by atoms with Crippen LogP contribution in [0.2, 0.25) is 0 Å². The summed E-state index contributed by atoms with van der Waals surface area (Å²) in [5.41, 5.74) is -0.146. The summed E-state index contributed by atoms with van der Waals surface area (Å²) in [6.07, 6.45) is 0. The van der Waals surface area contributed by atoms with Gasteiger partial charge in [-0.05, 0) is 23.8 Å². The van der Waals surface area contributed by atoms with Gasteiger partial charge in [-0.25, -0.2) is 8.78 Å². The predicted molar refractivity (Wildman–Crippen MR) is 65.5 cm³/mol. The molecule has 20 heavy (non-hydrogen) atoms. The normalized spacial score (nSPS) is 10.3. The van der Waals surface area contributed by atoms with E-state index in [-0.39, 0.29) is 17.1 Å². The molecule has 5 nitrogen and oxygen atoms in total. The summed E-state index contributed by atoms with van der Waals surface area (Å²) in [6, 6.07) is 6.33. The number of hydrogen-bond donors (Lipinski definition) is 1. The number of ether oxygens (including phenoxy) is 1. The van der Waals surface area contributed by atoms with Crippen LogP contribution in [0.1, 0.15) is 5.56 Å². The van der Waals surface area contributed by atoms with Crippen molar-refractivity contribution in [3.63, 3.8) is 0 Å². The maximum absolute atomic E-state index is 13.6. The van der Waals surface area contributed by atoms with Crippen LogP contribution in [0.4, 0.5) is 14.5 Å². The molecule has 2 aromatic carbocycles. The Labute approximate surface area is 112 Å². The van der Waals surface area contributed by atoms with E-state index in [1.807, 2.05) is 0 Å². The highest BCUT2D eigenvalue weighted by atomic mass is 19.1. The molecule has 0 spiro atoms. The van der Waals surface area contributed by atoms with E-state index in [1.54, 1.807) is 0 Å². The molecular formula is C13H9F2NO4. The molecule has 0 amide bonds. The maximum Gasteiger partial charge on any atom is 0.272 e. The number of benzene rings is 2. The average Bonchev–Trinajstić information content (AvgIpc) is 2.40. The van der Waals surface area contributed by atoms with E-state index in [2.05, 4.69) is 0 Å². The number of nitrogens with zero attached hydrogens (tertiary/aromatic N) is 1. The number of aliphatic hydroxyl groups is 1.